The van der Waals surface area contributed by atoms with Gasteiger partial charge < -0.3 is 25.5 Å². The normalized spacial score (nSPS) is 19.3. The summed E-state index contributed by atoms with van der Waals surface area (Å²) in [4.78, 5) is 20.4. The first-order valence-electron chi connectivity index (χ1n) is 7.16. The van der Waals surface area contributed by atoms with Gasteiger partial charge in [0, 0.05) is 34.8 Å². The van der Waals surface area contributed by atoms with E-state index in [0.29, 0.717) is 12.5 Å². The molecule has 6 nitrogen and oxygen atoms in total. The van der Waals surface area contributed by atoms with Gasteiger partial charge in [0.15, 0.2) is 0 Å². The molecule has 0 heterocycles. The van der Waals surface area contributed by atoms with Gasteiger partial charge >= 0.3 is 21.1 Å². The van der Waals surface area contributed by atoms with Gasteiger partial charge in [-0.3, -0.25) is 4.21 Å². The number of carbonyl (C=O) groups excluding carboxylic acids is 2. The monoisotopic (exact) mass is 514 g/mol. The van der Waals surface area contributed by atoms with Gasteiger partial charge in [-0.25, -0.2) is 0 Å². The average Bonchev–Trinajstić information content (AvgIpc) is 2.26. The third-order valence-electron chi connectivity index (χ3n) is 3.64. The van der Waals surface area contributed by atoms with E-state index in [9.17, 15) is 24.0 Å². The molecule has 2 saturated carbocycles. The van der Waals surface area contributed by atoms with Crippen LogP contribution in [-0.4, -0.2) is 34.7 Å². The van der Waals surface area contributed by atoms with Crippen LogP contribution >= 0.6 is 0 Å². The summed E-state index contributed by atoms with van der Waals surface area (Å²) in [5.74, 6) is -3.03. The molecule has 0 unspecified atom stereocenters. The minimum Gasteiger partial charge on any atom is -0.549 e. The van der Waals surface area contributed by atoms with Gasteiger partial charge in [0.05, 0.1) is 11.9 Å². The van der Waals surface area contributed by atoms with E-state index in [1.54, 1.807) is 12.5 Å². The molecular weight excluding hydrogens is 489 g/mol. The Morgan fingerprint density at radius 2 is 1.36 bits per heavy atom. The van der Waals surface area contributed by atoms with Gasteiger partial charge in [0.25, 0.3) is 0 Å². The number of carboxylic acids is 2. The second kappa shape index (κ2) is 12.2. The van der Waals surface area contributed by atoms with Crippen LogP contribution in [0.25, 0.3) is 0 Å². The van der Waals surface area contributed by atoms with E-state index in [-0.39, 0.29) is 33.9 Å². The van der Waals surface area contributed by atoms with Crippen LogP contribution in [0.5, 0.6) is 0 Å². The van der Waals surface area contributed by atoms with Crippen LogP contribution in [0, 0.1) is 5.41 Å². The molecule has 0 amide bonds. The van der Waals surface area contributed by atoms with E-state index in [4.69, 9.17) is 5.73 Å². The van der Waals surface area contributed by atoms with Crippen molar-refractivity contribution in [3.63, 3.8) is 0 Å². The summed E-state index contributed by atoms with van der Waals surface area (Å²) in [5.41, 5.74) is 3.97. The fourth-order valence-electron chi connectivity index (χ4n) is 2.16. The van der Waals surface area contributed by atoms with Crippen molar-refractivity contribution in [2.75, 3.05) is 12.5 Å². The average molecular weight is 515 g/mol. The summed E-state index contributed by atoms with van der Waals surface area (Å²) >= 11 is 0. The van der Waals surface area contributed by atoms with Crippen molar-refractivity contribution in [3.8, 4) is 0 Å². The number of aliphatic carboxylic acids is 2. The van der Waals surface area contributed by atoms with Crippen molar-refractivity contribution < 1.29 is 45.1 Å². The standard InChI is InChI=1S/C6H13N.C6H8O4.C2H6OS.Pt/c7-6-4-2-1-3-5-6;7-4(8)6(5(9)10)2-1-3-6;1-4(2)3;/h6H,1-5,7H2;1-3H2,(H,7,8)(H,9,10);1-2H3;/q;;;+2/p-2. The van der Waals surface area contributed by atoms with Crippen LogP contribution in [0.3, 0.4) is 0 Å². The van der Waals surface area contributed by atoms with Gasteiger partial charge in [0.1, 0.15) is 0 Å². The Labute approximate surface area is 148 Å². The molecule has 0 spiro atoms. The van der Waals surface area contributed by atoms with Crippen molar-refractivity contribution in [2.24, 2.45) is 11.1 Å². The van der Waals surface area contributed by atoms with Crippen LogP contribution in [0.15, 0.2) is 0 Å². The van der Waals surface area contributed by atoms with Crippen LogP contribution in [0.2, 0.25) is 0 Å². The van der Waals surface area contributed by atoms with E-state index in [1.165, 1.54) is 32.1 Å². The summed E-state index contributed by atoms with van der Waals surface area (Å²) in [6.45, 7) is 0. The van der Waals surface area contributed by atoms with Crippen molar-refractivity contribution in [1.29, 1.82) is 0 Å². The second-order valence-corrected chi connectivity index (χ2v) is 7.13. The molecule has 0 atom stereocenters. The largest absolute Gasteiger partial charge is 2.00 e. The van der Waals surface area contributed by atoms with E-state index < -0.39 is 28.2 Å². The molecule has 0 bridgehead atoms. The molecule has 0 aliphatic heterocycles. The zero-order chi connectivity index (χ0) is 16.5. The molecule has 132 valence electrons. The molecule has 2 aliphatic rings. The van der Waals surface area contributed by atoms with E-state index in [2.05, 4.69) is 0 Å². The molecule has 0 aromatic rings. The van der Waals surface area contributed by atoms with E-state index in [0.717, 1.165) is 0 Å². The third kappa shape index (κ3) is 9.01. The quantitative estimate of drug-likeness (QED) is 0.468. The number of rotatable bonds is 2. The molecule has 2 rings (SSSR count). The Morgan fingerprint density at radius 3 is 1.45 bits per heavy atom. The van der Waals surface area contributed by atoms with Crippen molar-refractivity contribution in [2.45, 2.75) is 57.4 Å². The number of hydrogen-bond donors (Lipinski definition) is 1. The van der Waals surface area contributed by atoms with Gasteiger partial charge in [-0.1, -0.05) is 25.7 Å². The first-order valence-corrected chi connectivity index (χ1v) is 9.12. The van der Waals surface area contributed by atoms with Gasteiger partial charge in [-0.2, -0.15) is 0 Å². The van der Waals surface area contributed by atoms with Crippen LogP contribution in [-0.2, 0) is 41.5 Å². The Kier molecular flexibility index (Phi) is 13.3. The molecule has 0 aromatic carbocycles. The Balaban J connectivity index is 0. The number of carbonyl (C=O) groups is 2. The van der Waals surface area contributed by atoms with Crippen LogP contribution in [0.1, 0.15) is 51.4 Å². The third-order valence-corrected chi connectivity index (χ3v) is 3.64. The maximum Gasteiger partial charge on any atom is 2.00 e. The molecular formula is C14H25NO5PtS. The maximum atomic E-state index is 10.2. The Bertz CT molecular complexity index is 348. The van der Waals surface area contributed by atoms with Gasteiger partial charge in [-0.05, 0) is 25.7 Å². The van der Waals surface area contributed by atoms with Crippen LogP contribution < -0.4 is 15.9 Å². The Morgan fingerprint density at radius 1 is 1.00 bits per heavy atom. The van der Waals surface area contributed by atoms with Gasteiger partial charge in [0.2, 0.25) is 0 Å². The first kappa shape index (κ1) is 24.0. The van der Waals surface area contributed by atoms with Crippen molar-refractivity contribution in [1.82, 2.24) is 0 Å². The summed E-state index contributed by atoms with van der Waals surface area (Å²) in [5, 5.41) is 20.4. The molecule has 0 aromatic heterocycles. The van der Waals surface area contributed by atoms with Crippen LogP contribution in [0.4, 0.5) is 0 Å². The summed E-state index contributed by atoms with van der Waals surface area (Å²) in [7, 11) is -0.611. The molecule has 0 saturated heterocycles. The predicted octanol–water partition coefficient (Wildman–Crippen LogP) is -1.07. The zero-order valence-electron chi connectivity index (χ0n) is 13.1. The molecule has 2 aliphatic carbocycles. The molecule has 0 radical (unpaired) electrons. The second-order valence-electron chi connectivity index (χ2n) is 5.65. The summed E-state index contributed by atoms with van der Waals surface area (Å²) in [6, 6.07) is 0.536. The molecule has 2 fully saturated rings. The van der Waals surface area contributed by atoms with E-state index in [1.807, 2.05) is 0 Å². The number of nitrogens with two attached hydrogens (primary N) is 1. The summed E-state index contributed by atoms with van der Waals surface area (Å²) in [6.07, 6.45) is 10.9. The first-order chi connectivity index (χ1) is 9.72. The molecule has 8 heteroatoms. The molecule has 22 heavy (non-hydrogen) atoms. The number of hydrogen-bond acceptors (Lipinski definition) is 6. The zero-order valence-corrected chi connectivity index (χ0v) is 16.2. The minimum absolute atomic E-state index is 0. The number of carboxylic acid groups (broad SMARTS) is 2. The van der Waals surface area contributed by atoms with Gasteiger partial charge in [-0.15, -0.1) is 0 Å². The SMILES string of the molecule is CS(C)=O.NC1CCCCC1.O=C([O-])C1(C(=O)[O-])CCC1.[Pt+2]. The maximum absolute atomic E-state index is 10.2. The topological polar surface area (TPSA) is 123 Å². The smallest absolute Gasteiger partial charge is 0.549 e. The predicted molar refractivity (Wildman–Crippen MR) is 77.3 cm³/mol. The van der Waals surface area contributed by atoms with Crippen molar-refractivity contribution >= 4 is 22.7 Å². The minimum atomic E-state index is -1.67. The van der Waals surface area contributed by atoms with E-state index >= 15 is 0 Å². The van der Waals surface area contributed by atoms with Crippen molar-refractivity contribution in [3.05, 3.63) is 0 Å². The molecule has 2 N–H and O–H groups in total. The fourth-order valence-corrected chi connectivity index (χ4v) is 2.16. The Hall–Kier alpha value is -0.262. The summed E-state index contributed by atoms with van der Waals surface area (Å²) < 4.78 is 9.56. The fraction of sp³-hybridized carbons (Fsp3) is 0.857.